The fraction of sp³-hybridized carbons (Fsp3) is 0.636. The van der Waals surface area contributed by atoms with Crippen LogP contribution in [0.1, 0.15) is 37.0 Å². The second-order valence-electron chi connectivity index (χ2n) is 8.99. The second kappa shape index (κ2) is 7.39. The van der Waals surface area contributed by atoms with Gasteiger partial charge < -0.3 is 19.9 Å². The number of hydrogen-bond donors (Lipinski definition) is 1. The Morgan fingerprint density at radius 3 is 2.71 bits per heavy atom. The summed E-state index contributed by atoms with van der Waals surface area (Å²) in [5.41, 5.74) is 0.520. The van der Waals surface area contributed by atoms with Crippen LogP contribution in [0.25, 0.3) is 0 Å². The van der Waals surface area contributed by atoms with E-state index in [0.717, 1.165) is 32.5 Å². The number of carbonyl (C=O) groups is 2. The zero-order chi connectivity index (χ0) is 19.9. The molecule has 1 N–H and O–H groups in total. The maximum Gasteiger partial charge on any atom is 0.253 e. The summed E-state index contributed by atoms with van der Waals surface area (Å²) < 4.78 is 5.24. The van der Waals surface area contributed by atoms with Gasteiger partial charge in [-0.15, -0.1) is 0 Å². The van der Waals surface area contributed by atoms with E-state index in [1.54, 1.807) is 13.2 Å². The molecule has 3 heterocycles. The molecule has 2 amide bonds. The van der Waals surface area contributed by atoms with E-state index in [-0.39, 0.29) is 23.3 Å². The third-order valence-corrected chi connectivity index (χ3v) is 6.70. The van der Waals surface area contributed by atoms with Gasteiger partial charge in [0.15, 0.2) is 0 Å². The first-order valence-electron chi connectivity index (χ1n) is 10.4. The van der Waals surface area contributed by atoms with E-state index in [4.69, 9.17) is 4.74 Å². The highest BCUT2D eigenvalue weighted by Gasteiger charge is 2.57. The summed E-state index contributed by atoms with van der Waals surface area (Å²) >= 11 is 0. The molecule has 3 aliphatic rings. The minimum absolute atomic E-state index is 0.0440. The molecule has 3 saturated heterocycles. The number of amides is 2. The molecule has 0 unspecified atom stereocenters. The Bertz CT molecular complexity index is 755. The molecule has 2 atom stereocenters. The molecule has 3 fully saturated rings. The number of rotatable bonds is 4. The average molecular weight is 386 g/mol. The zero-order valence-electron chi connectivity index (χ0n) is 17.1. The molecule has 0 bridgehead atoms. The highest BCUT2D eigenvalue weighted by molar-refractivity contribution is 5.94. The fourth-order valence-electron chi connectivity index (χ4n) is 5.35. The first-order chi connectivity index (χ1) is 13.4. The van der Waals surface area contributed by atoms with Gasteiger partial charge in [-0.25, -0.2) is 0 Å². The lowest BCUT2D eigenvalue weighted by molar-refractivity contribution is -0.123. The molecule has 6 heteroatoms. The van der Waals surface area contributed by atoms with Crippen LogP contribution in [-0.4, -0.2) is 67.0 Å². The second-order valence-corrected chi connectivity index (χ2v) is 8.99. The average Bonchev–Trinajstić information content (AvgIpc) is 3.21. The molecule has 1 aromatic carbocycles. The molecule has 4 rings (SSSR count). The maximum absolute atomic E-state index is 12.9. The summed E-state index contributed by atoms with van der Waals surface area (Å²) in [6.07, 6.45) is 1.68. The molecule has 28 heavy (non-hydrogen) atoms. The summed E-state index contributed by atoms with van der Waals surface area (Å²) in [6, 6.07) is 7.32. The molecule has 0 aliphatic carbocycles. The smallest absolute Gasteiger partial charge is 0.253 e. The van der Waals surface area contributed by atoms with Crippen molar-refractivity contribution in [3.05, 3.63) is 29.8 Å². The highest BCUT2D eigenvalue weighted by atomic mass is 16.5. The van der Waals surface area contributed by atoms with Gasteiger partial charge in [-0.05, 0) is 37.0 Å². The monoisotopic (exact) mass is 385 g/mol. The molecule has 0 radical (unpaired) electrons. The standard InChI is InChI=1S/C22H31N3O3/c1-15(2)12-24-13-18-19(14-24)22(23-20(18)26)7-9-25(10-8-22)21(27)16-5-4-6-17(11-16)28-3/h4-6,11,15,18-19H,7-10,12-14H2,1-3H3,(H,23,26)/t18-,19+/m0/s1. The van der Waals surface area contributed by atoms with Crippen molar-refractivity contribution in [2.45, 2.75) is 32.2 Å². The van der Waals surface area contributed by atoms with Crippen LogP contribution in [0.3, 0.4) is 0 Å². The number of benzene rings is 1. The topological polar surface area (TPSA) is 61.9 Å². The lowest BCUT2D eigenvalue weighted by atomic mass is 9.75. The lowest BCUT2D eigenvalue weighted by Gasteiger charge is -2.43. The van der Waals surface area contributed by atoms with Gasteiger partial charge in [0.05, 0.1) is 13.0 Å². The van der Waals surface area contributed by atoms with Crippen molar-refractivity contribution in [3.8, 4) is 5.75 Å². The Morgan fingerprint density at radius 1 is 1.29 bits per heavy atom. The van der Waals surface area contributed by atoms with Gasteiger partial charge in [0.25, 0.3) is 5.91 Å². The third-order valence-electron chi connectivity index (χ3n) is 6.70. The van der Waals surface area contributed by atoms with Crippen molar-refractivity contribution in [1.82, 2.24) is 15.1 Å². The minimum atomic E-state index is -0.140. The van der Waals surface area contributed by atoms with E-state index in [2.05, 4.69) is 24.1 Å². The first-order valence-corrected chi connectivity index (χ1v) is 10.4. The van der Waals surface area contributed by atoms with Gasteiger partial charge in [-0.1, -0.05) is 19.9 Å². The molecule has 1 aromatic rings. The summed E-state index contributed by atoms with van der Waals surface area (Å²) in [7, 11) is 1.61. The van der Waals surface area contributed by atoms with Crippen LogP contribution in [0, 0.1) is 17.8 Å². The molecule has 1 spiro atoms. The number of carbonyl (C=O) groups excluding carboxylic acids is 2. The Kier molecular flexibility index (Phi) is 5.08. The van der Waals surface area contributed by atoms with Crippen molar-refractivity contribution in [3.63, 3.8) is 0 Å². The van der Waals surface area contributed by atoms with E-state index in [0.29, 0.717) is 36.2 Å². The SMILES string of the molecule is COc1cccc(C(=O)N2CCC3(CC2)NC(=O)[C@H]2CN(CC(C)C)C[C@H]23)c1. The number of nitrogens with zero attached hydrogens (tertiary/aromatic N) is 2. The van der Waals surface area contributed by atoms with Crippen LogP contribution in [-0.2, 0) is 4.79 Å². The Hall–Kier alpha value is -2.08. The fourth-order valence-corrected chi connectivity index (χ4v) is 5.35. The van der Waals surface area contributed by atoms with Gasteiger partial charge >= 0.3 is 0 Å². The van der Waals surface area contributed by atoms with E-state index < -0.39 is 0 Å². The first kappa shape index (κ1) is 19.2. The van der Waals surface area contributed by atoms with Crippen LogP contribution in [0.5, 0.6) is 5.75 Å². The predicted octanol–water partition coefficient (Wildman–Crippen LogP) is 2.00. The van der Waals surface area contributed by atoms with Gasteiger partial charge in [0, 0.05) is 49.7 Å². The van der Waals surface area contributed by atoms with Gasteiger partial charge in [0.2, 0.25) is 5.91 Å². The van der Waals surface area contributed by atoms with Crippen LogP contribution in [0.2, 0.25) is 0 Å². The molecule has 6 nitrogen and oxygen atoms in total. The molecule has 3 aliphatic heterocycles. The number of likely N-dealkylation sites (tertiary alicyclic amines) is 2. The normalized spacial score (nSPS) is 26.6. The van der Waals surface area contributed by atoms with E-state index in [1.165, 1.54) is 0 Å². The van der Waals surface area contributed by atoms with Gasteiger partial charge in [-0.2, -0.15) is 0 Å². The Labute approximate surface area is 167 Å². The predicted molar refractivity (Wildman–Crippen MR) is 107 cm³/mol. The van der Waals surface area contributed by atoms with Crippen molar-refractivity contribution in [2.75, 3.05) is 39.8 Å². The lowest BCUT2D eigenvalue weighted by Crippen LogP contribution is -2.56. The van der Waals surface area contributed by atoms with Crippen molar-refractivity contribution < 1.29 is 14.3 Å². The summed E-state index contributed by atoms with van der Waals surface area (Å²) in [4.78, 5) is 29.9. The van der Waals surface area contributed by atoms with E-state index in [1.807, 2.05) is 23.1 Å². The van der Waals surface area contributed by atoms with Gasteiger partial charge in [0.1, 0.15) is 5.75 Å². The van der Waals surface area contributed by atoms with Crippen LogP contribution >= 0.6 is 0 Å². The van der Waals surface area contributed by atoms with E-state index >= 15 is 0 Å². The highest BCUT2D eigenvalue weighted by Crippen LogP contribution is 2.44. The quantitative estimate of drug-likeness (QED) is 0.861. The number of methoxy groups -OCH3 is 1. The van der Waals surface area contributed by atoms with Crippen LogP contribution < -0.4 is 10.1 Å². The number of nitrogens with one attached hydrogen (secondary N) is 1. The molecule has 152 valence electrons. The summed E-state index contributed by atoms with van der Waals surface area (Å²) in [5, 5.41) is 3.34. The maximum atomic E-state index is 12.9. The van der Waals surface area contributed by atoms with Crippen molar-refractivity contribution in [1.29, 1.82) is 0 Å². The Morgan fingerprint density at radius 2 is 2.04 bits per heavy atom. The number of fused-ring (bicyclic) bond motifs is 2. The summed E-state index contributed by atoms with van der Waals surface area (Å²) in [5.74, 6) is 2.04. The summed E-state index contributed by atoms with van der Waals surface area (Å²) in [6.45, 7) is 8.75. The van der Waals surface area contributed by atoms with Gasteiger partial charge in [-0.3, -0.25) is 9.59 Å². The van der Waals surface area contributed by atoms with Crippen LogP contribution in [0.4, 0.5) is 0 Å². The largest absolute Gasteiger partial charge is 0.497 e. The Balaban J connectivity index is 1.43. The molecule has 0 aromatic heterocycles. The van der Waals surface area contributed by atoms with Crippen molar-refractivity contribution >= 4 is 11.8 Å². The zero-order valence-corrected chi connectivity index (χ0v) is 17.1. The number of ether oxygens (including phenoxy) is 1. The minimum Gasteiger partial charge on any atom is -0.497 e. The van der Waals surface area contributed by atoms with Crippen molar-refractivity contribution in [2.24, 2.45) is 17.8 Å². The molecular formula is C22H31N3O3. The van der Waals surface area contributed by atoms with E-state index in [9.17, 15) is 9.59 Å². The van der Waals surface area contributed by atoms with Crippen LogP contribution in [0.15, 0.2) is 24.3 Å². The molecular weight excluding hydrogens is 354 g/mol. The number of piperidine rings is 1. The third kappa shape index (κ3) is 3.39. The molecule has 0 saturated carbocycles. The number of hydrogen-bond acceptors (Lipinski definition) is 4.